The second-order valence-electron chi connectivity index (χ2n) is 10.2. The Hall–Kier alpha value is -2.60. The molecule has 0 spiro atoms. The summed E-state index contributed by atoms with van der Waals surface area (Å²) in [6, 6.07) is 6.63. The zero-order valence-electron chi connectivity index (χ0n) is 20.6. The van der Waals surface area contributed by atoms with E-state index in [-0.39, 0.29) is 58.8 Å². The number of nitrogens with one attached hydrogen (secondary N) is 2. The Morgan fingerprint density at radius 3 is 2.37 bits per heavy atom. The van der Waals surface area contributed by atoms with Gasteiger partial charge in [-0.05, 0) is 74.8 Å². The van der Waals surface area contributed by atoms with Crippen LogP contribution in [0.4, 0.5) is 14.5 Å². The Balaban J connectivity index is 1.51. The molecule has 2 aliphatic rings. The van der Waals surface area contributed by atoms with Gasteiger partial charge in [0, 0.05) is 23.9 Å². The number of carbonyl (C=O) groups excluding carboxylic acids is 2. The van der Waals surface area contributed by atoms with E-state index in [0.717, 1.165) is 18.2 Å². The molecule has 0 aromatic heterocycles. The van der Waals surface area contributed by atoms with Crippen molar-refractivity contribution in [2.24, 2.45) is 11.8 Å². The number of sulfone groups is 1. The van der Waals surface area contributed by atoms with Crippen LogP contribution in [0.15, 0.2) is 41.3 Å². The Morgan fingerprint density at radius 2 is 1.76 bits per heavy atom. The van der Waals surface area contributed by atoms with Gasteiger partial charge in [-0.1, -0.05) is 11.6 Å². The molecule has 1 unspecified atom stereocenters. The first-order valence-electron chi connectivity index (χ1n) is 12.3. The predicted octanol–water partition coefficient (Wildman–Crippen LogP) is 3.45. The molecule has 2 bridgehead atoms. The van der Waals surface area contributed by atoms with Crippen LogP contribution in [-0.4, -0.2) is 53.9 Å². The molecule has 2 fully saturated rings. The van der Waals surface area contributed by atoms with Crippen molar-refractivity contribution in [2.45, 2.75) is 60.9 Å². The van der Waals surface area contributed by atoms with E-state index in [9.17, 15) is 37.0 Å². The number of fused-ring (bicyclic) bond motifs is 2. The molecule has 0 saturated heterocycles. The van der Waals surface area contributed by atoms with Crippen LogP contribution in [0.3, 0.4) is 0 Å². The highest BCUT2D eigenvalue weighted by molar-refractivity contribution is 7.92. The molecule has 2 aromatic carbocycles. The maximum atomic E-state index is 13.7. The minimum atomic E-state index is -4.01. The molecule has 38 heavy (non-hydrogen) atoms. The molecule has 5 atom stereocenters. The van der Waals surface area contributed by atoms with Crippen molar-refractivity contribution in [3.63, 3.8) is 0 Å². The molecule has 2 aliphatic carbocycles. The lowest BCUT2D eigenvalue weighted by molar-refractivity contribution is -0.126. The number of benzene rings is 2. The van der Waals surface area contributed by atoms with Gasteiger partial charge in [0.2, 0.25) is 5.91 Å². The topological polar surface area (TPSA) is 133 Å². The molecule has 12 heteroatoms. The number of halogens is 3. The van der Waals surface area contributed by atoms with Crippen molar-refractivity contribution in [3.05, 3.63) is 58.6 Å². The quantitative estimate of drug-likeness (QED) is 0.384. The lowest BCUT2D eigenvalue weighted by Gasteiger charge is -2.42. The summed E-state index contributed by atoms with van der Waals surface area (Å²) in [4.78, 5) is 24.5. The van der Waals surface area contributed by atoms with Crippen molar-refractivity contribution >= 4 is 38.9 Å². The lowest BCUT2D eigenvalue weighted by Crippen LogP contribution is -2.54. The van der Waals surface area contributed by atoms with Crippen molar-refractivity contribution in [3.8, 4) is 0 Å². The second-order valence-corrected chi connectivity index (χ2v) is 12.8. The van der Waals surface area contributed by atoms with Crippen LogP contribution in [0.2, 0.25) is 5.02 Å². The highest BCUT2D eigenvalue weighted by Crippen LogP contribution is 2.52. The van der Waals surface area contributed by atoms with Gasteiger partial charge < -0.3 is 20.8 Å². The molecule has 0 heterocycles. The van der Waals surface area contributed by atoms with Gasteiger partial charge in [0.15, 0.2) is 21.5 Å². The van der Waals surface area contributed by atoms with Crippen LogP contribution in [0.5, 0.6) is 0 Å². The SMILES string of the molecule is C[C@H](O)CC(=O)NC[C@]1(O)C2CC[C@@H]1C[C@@H](S(=O)(=O)c1cc(C(=O)Nc3ccc(F)c(F)c3)ccc1Cl)C2. The summed E-state index contributed by atoms with van der Waals surface area (Å²) in [6.45, 7) is 1.46. The van der Waals surface area contributed by atoms with Gasteiger partial charge in [-0.25, -0.2) is 17.2 Å². The van der Waals surface area contributed by atoms with Crippen LogP contribution < -0.4 is 10.6 Å². The molecule has 206 valence electrons. The minimum absolute atomic E-state index is 0.00284. The maximum Gasteiger partial charge on any atom is 0.255 e. The van der Waals surface area contributed by atoms with E-state index in [2.05, 4.69) is 10.6 Å². The summed E-state index contributed by atoms with van der Waals surface area (Å²) < 4.78 is 54.0. The van der Waals surface area contributed by atoms with Crippen LogP contribution in [0.25, 0.3) is 0 Å². The average molecular weight is 571 g/mol. The maximum absolute atomic E-state index is 13.7. The standard InChI is InChI=1S/C26H29ClF2N2O6S/c1-14(32)8-24(33)30-13-26(35)16-3-4-17(26)11-19(10-16)38(36,37)23-9-15(2-6-20(23)27)25(34)31-18-5-7-21(28)22(29)12-18/h2,5-7,9,12,14,16-17,19,32,35H,3-4,8,10-11,13H2,1H3,(H,30,33)(H,31,34)/t14-,16+,17?,19+,26+/m0/s1. The third kappa shape index (κ3) is 5.70. The summed E-state index contributed by atoms with van der Waals surface area (Å²) >= 11 is 6.25. The Bertz CT molecular complexity index is 1340. The summed E-state index contributed by atoms with van der Waals surface area (Å²) in [5, 5.41) is 24.9. The normalized spacial score (nSPS) is 25.6. The largest absolute Gasteiger partial charge is 0.393 e. The first-order chi connectivity index (χ1) is 17.8. The van der Waals surface area contributed by atoms with Crippen LogP contribution in [0.1, 0.15) is 49.4 Å². The molecule has 0 radical (unpaired) electrons. The zero-order chi connectivity index (χ0) is 27.8. The van der Waals surface area contributed by atoms with E-state index in [1.54, 1.807) is 0 Å². The van der Waals surface area contributed by atoms with Gasteiger partial charge in [-0.15, -0.1) is 0 Å². The van der Waals surface area contributed by atoms with Crippen molar-refractivity contribution in [2.75, 3.05) is 11.9 Å². The van der Waals surface area contributed by atoms with E-state index < -0.39 is 50.2 Å². The molecular formula is C26H29ClF2N2O6S. The first kappa shape index (κ1) is 28.4. The molecule has 2 aromatic rings. The molecule has 2 saturated carbocycles. The summed E-state index contributed by atoms with van der Waals surface area (Å²) in [6.07, 6.45) is 0.600. The van der Waals surface area contributed by atoms with E-state index in [0.29, 0.717) is 12.8 Å². The summed E-state index contributed by atoms with van der Waals surface area (Å²) in [5.41, 5.74) is -1.29. The number of hydrogen-bond donors (Lipinski definition) is 4. The average Bonchev–Trinajstić information content (AvgIpc) is 3.00. The third-order valence-corrected chi connectivity index (χ3v) is 10.2. The first-order valence-corrected chi connectivity index (χ1v) is 14.2. The summed E-state index contributed by atoms with van der Waals surface area (Å²) in [7, 11) is -4.01. The number of amides is 2. The Labute approximate surface area is 224 Å². The molecule has 8 nitrogen and oxygen atoms in total. The van der Waals surface area contributed by atoms with Crippen molar-refractivity contribution in [1.29, 1.82) is 0 Å². The van der Waals surface area contributed by atoms with Crippen molar-refractivity contribution < 1.29 is 37.0 Å². The lowest BCUT2D eigenvalue weighted by atomic mass is 9.74. The monoisotopic (exact) mass is 570 g/mol. The molecular weight excluding hydrogens is 542 g/mol. The van der Waals surface area contributed by atoms with E-state index in [4.69, 9.17) is 11.6 Å². The van der Waals surface area contributed by atoms with E-state index >= 15 is 0 Å². The van der Waals surface area contributed by atoms with Crippen LogP contribution in [-0.2, 0) is 14.6 Å². The van der Waals surface area contributed by atoms with Crippen LogP contribution in [0, 0.1) is 23.5 Å². The smallest absolute Gasteiger partial charge is 0.255 e. The van der Waals surface area contributed by atoms with Crippen molar-refractivity contribution in [1.82, 2.24) is 5.32 Å². The van der Waals surface area contributed by atoms with Gasteiger partial charge in [-0.3, -0.25) is 9.59 Å². The molecule has 0 aliphatic heterocycles. The highest BCUT2D eigenvalue weighted by atomic mass is 35.5. The van der Waals surface area contributed by atoms with Gasteiger partial charge in [0.05, 0.1) is 33.3 Å². The summed E-state index contributed by atoms with van der Waals surface area (Å²) in [5.74, 6) is -4.07. The molecule has 2 amide bonds. The molecule has 4 N–H and O–H groups in total. The number of hydrogen-bond acceptors (Lipinski definition) is 6. The zero-order valence-corrected chi connectivity index (χ0v) is 22.2. The molecule has 4 rings (SSSR count). The van der Waals surface area contributed by atoms with Gasteiger partial charge in [-0.2, -0.15) is 0 Å². The minimum Gasteiger partial charge on any atom is -0.393 e. The third-order valence-electron chi connectivity index (χ3n) is 7.54. The number of anilines is 1. The number of aliphatic hydroxyl groups excluding tert-OH is 1. The Kier molecular flexibility index (Phi) is 8.13. The van der Waals surface area contributed by atoms with Gasteiger partial charge >= 0.3 is 0 Å². The highest BCUT2D eigenvalue weighted by Gasteiger charge is 2.55. The van der Waals surface area contributed by atoms with E-state index in [1.807, 2.05) is 0 Å². The van der Waals surface area contributed by atoms with E-state index in [1.165, 1.54) is 25.1 Å². The van der Waals surface area contributed by atoms with Crippen LogP contribution >= 0.6 is 11.6 Å². The number of rotatable bonds is 8. The van der Waals surface area contributed by atoms with Gasteiger partial charge in [0.1, 0.15) is 0 Å². The fraction of sp³-hybridized carbons (Fsp3) is 0.462. The fourth-order valence-corrected chi connectivity index (χ4v) is 7.95. The Morgan fingerprint density at radius 1 is 1.11 bits per heavy atom. The number of aliphatic hydroxyl groups is 2. The second kappa shape index (κ2) is 10.9. The predicted molar refractivity (Wildman–Crippen MR) is 136 cm³/mol. The van der Waals surface area contributed by atoms with Gasteiger partial charge in [0.25, 0.3) is 5.91 Å². The fourth-order valence-electron chi connectivity index (χ4n) is 5.55. The number of carbonyl (C=O) groups is 2.